The average Bonchev–Trinajstić information content (AvgIpc) is 3.22. The quantitative estimate of drug-likeness (QED) is 0.211. The zero-order valence-corrected chi connectivity index (χ0v) is 22.1. The first kappa shape index (κ1) is 28.5. The number of aromatic nitrogens is 1. The molecule has 1 aromatic heterocycles. The van der Waals surface area contributed by atoms with E-state index in [0.29, 0.717) is 42.3 Å². The van der Waals surface area contributed by atoms with Gasteiger partial charge in [0.15, 0.2) is 5.13 Å². The third kappa shape index (κ3) is 8.74. The van der Waals surface area contributed by atoms with Crippen molar-refractivity contribution in [2.45, 2.75) is 78.8 Å². The maximum absolute atomic E-state index is 13.6. The number of amides is 3. The number of anilines is 1. The molecule has 0 fully saturated rings. The number of hydroxylamine groups is 2. The van der Waals surface area contributed by atoms with Crippen molar-refractivity contribution in [2.24, 2.45) is 11.3 Å². The van der Waals surface area contributed by atoms with Crippen molar-refractivity contribution in [3.8, 4) is 0 Å². The van der Waals surface area contributed by atoms with Crippen molar-refractivity contribution < 1.29 is 19.6 Å². The summed E-state index contributed by atoms with van der Waals surface area (Å²) < 4.78 is 0. The fraction of sp³-hybridized carbons (Fsp3) is 0.538. The van der Waals surface area contributed by atoms with Gasteiger partial charge in [0.25, 0.3) is 0 Å². The minimum Gasteiger partial charge on any atom is -0.343 e. The topological polar surface area (TPSA) is 112 Å². The van der Waals surface area contributed by atoms with Crippen LogP contribution in [0.4, 0.5) is 5.13 Å². The number of benzene rings is 1. The van der Waals surface area contributed by atoms with E-state index in [1.807, 2.05) is 65.0 Å². The number of nitrogens with zero attached hydrogens (tertiary/aromatic N) is 2. The van der Waals surface area contributed by atoms with Crippen molar-refractivity contribution in [1.82, 2.24) is 15.4 Å². The van der Waals surface area contributed by atoms with E-state index < -0.39 is 23.4 Å². The van der Waals surface area contributed by atoms with Crippen LogP contribution in [-0.4, -0.2) is 45.6 Å². The summed E-state index contributed by atoms with van der Waals surface area (Å²) in [6.45, 7) is 9.47. The van der Waals surface area contributed by atoms with Gasteiger partial charge >= 0.3 is 0 Å². The van der Waals surface area contributed by atoms with Gasteiger partial charge in [-0.15, -0.1) is 11.3 Å². The largest absolute Gasteiger partial charge is 0.343 e. The Morgan fingerprint density at radius 3 is 2.40 bits per heavy atom. The molecule has 0 bridgehead atoms. The number of aryl methyl sites for hydroxylation is 2. The number of rotatable bonds is 13. The van der Waals surface area contributed by atoms with Crippen LogP contribution in [-0.2, 0) is 20.8 Å². The van der Waals surface area contributed by atoms with Crippen LogP contribution in [0.1, 0.15) is 63.8 Å². The number of hydrogen-bond acceptors (Lipinski definition) is 6. The molecule has 0 spiro atoms. The van der Waals surface area contributed by atoms with Gasteiger partial charge in [0.2, 0.25) is 18.2 Å². The van der Waals surface area contributed by atoms with E-state index in [2.05, 4.69) is 15.6 Å². The highest BCUT2D eigenvalue weighted by atomic mass is 32.1. The highest BCUT2D eigenvalue weighted by Gasteiger charge is 2.38. The van der Waals surface area contributed by atoms with Crippen LogP contribution in [0.5, 0.6) is 0 Å². The molecule has 1 heterocycles. The molecule has 0 radical (unpaired) electrons. The van der Waals surface area contributed by atoms with Gasteiger partial charge in [-0.25, -0.2) is 10.0 Å². The molecule has 0 unspecified atom stereocenters. The van der Waals surface area contributed by atoms with Crippen molar-refractivity contribution in [3.63, 3.8) is 0 Å². The Kier molecular flexibility index (Phi) is 10.9. The zero-order valence-electron chi connectivity index (χ0n) is 21.3. The molecule has 0 saturated heterocycles. The normalized spacial score (nSPS) is 14.0. The average molecular weight is 503 g/mol. The van der Waals surface area contributed by atoms with E-state index in [4.69, 9.17) is 0 Å². The van der Waals surface area contributed by atoms with Crippen molar-refractivity contribution in [2.75, 3.05) is 5.32 Å². The summed E-state index contributed by atoms with van der Waals surface area (Å²) in [5.74, 6) is -1.39. The van der Waals surface area contributed by atoms with Gasteiger partial charge in [-0.3, -0.25) is 19.6 Å². The minimum atomic E-state index is -0.832. The fourth-order valence-corrected chi connectivity index (χ4v) is 4.74. The Hall–Kier alpha value is -2.78. The third-order valence-corrected chi connectivity index (χ3v) is 6.75. The van der Waals surface area contributed by atoms with Crippen LogP contribution in [0.3, 0.4) is 0 Å². The molecule has 2 aromatic rings. The Bertz CT molecular complexity index is 958. The first-order chi connectivity index (χ1) is 16.6. The van der Waals surface area contributed by atoms with Crippen molar-refractivity contribution in [1.29, 1.82) is 0 Å². The van der Waals surface area contributed by atoms with Gasteiger partial charge in [-0.2, -0.15) is 0 Å². The zero-order chi connectivity index (χ0) is 26.0. The van der Waals surface area contributed by atoms with Crippen molar-refractivity contribution in [3.05, 3.63) is 47.0 Å². The number of carbonyl (C=O) groups is 3. The van der Waals surface area contributed by atoms with Crippen LogP contribution in [0.25, 0.3) is 0 Å². The highest BCUT2D eigenvalue weighted by Crippen LogP contribution is 2.26. The fourth-order valence-electron chi connectivity index (χ4n) is 4.08. The van der Waals surface area contributed by atoms with E-state index in [1.54, 1.807) is 6.20 Å². The monoisotopic (exact) mass is 502 g/mol. The van der Waals surface area contributed by atoms with Crippen LogP contribution >= 0.6 is 11.3 Å². The molecule has 3 atom stereocenters. The second-order valence-electron chi connectivity index (χ2n) is 9.90. The van der Waals surface area contributed by atoms with E-state index in [1.165, 1.54) is 11.3 Å². The molecule has 0 aliphatic rings. The molecular formula is C26H38N4O4S. The minimum absolute atomic E-state index is 0.344. The van der Waals surface area contributed by atoms with E-state index in [9.17, 15) is 19.6 Å². The van der Waals surface area contributed by atoms with E-state index >= 15 is 0 Å². The van der Waals surface area contributed by atoms with Gasteiger partial charge in [0.1, 0.15) is 6.04 Å². The van der Waals surface area contributed by atoms with Gasteiger partial charge < -0.3 is 10.6 Å². The van der Waals surface area contributed by atoms with Crippen molar-refractivity contribution >= 4 is 34.7 Å². The predicted molar refractivity (Wildman–Crippen MR) is 138 cm³/mol. The Morgan fingerprint density at radius 2 is 1.86 bits per heavy atom. The Morgan fingerprint density at radius 1 is 1.17 bits per heavy atom. The molecule has 35 heavy (non-hydrogen) atoms. The summed E-state index contributed by atoms with van der Waals surface area (Å²) in [4.78, 5) is 43.3. The van der Waals surface area contributed by atoms with Crippen LogP contribution in [0.15, 0.2) is 36.5 Å². The summed E-state index contributed by atoms with van der Waals surface area (Å²) in [7, 11) is 0. The van der Waals surface area contributed by atoms with Gasteiger partial charge in [0.05, 0.1) is 12.0 Å². The molecule has 3 amide bonds. The van der Waals surface area contributed by atoms with Gasteiger partial charge in [0, 0.05) is 11.1 Å². The van der Waals surface area contributed by atoms with Gasteiger partial charge in [-0.05, 0) is 43.6 Å². The first-order valence-electron chi connectivity index (χ1n) is 12.1. The smallest absolute Gasteiger partial charge is 0.249 e. The standard InChI is InChI=1S/C26H38N4O4S/c1-6-11-21(30(34)17-31)20(15-10-14-19-12-8-7-9-13-19)23(32)28-22(26(3,4)5)24(33)29-25-27-16-18(2)35-25/h7-9,12-13,16-17,20-22,34H,6,10-11,14-15H2,1-5H3,(H,28,32)(H,27,29,33)/t20-,21+,22-/m1/s1. The number of thiazole rings is 1. The lowest BCUT2D eigenvalue weighted by Crippen LogP contribution is -2.55. The molecule has 0 aliphatic carbocycles. The highest BCUT2D eigenvalue weighted by molar-refractivity contribution is 7.15. The summed E-state index contributed by atoms with van der Waals surface area (Å²) in [5, 5.41) is 17.1. The summed E-state index contributed by atoms with van der Waals surface area (Å²) in [5.41, 5.74) is 0.574. The molecule has 0 aliphatic heterocycles. The van der Waals surface area contributed by atoms with E-state index in [0.717, 1.165) is 16.9 Å². The first-order valence-corrected chi connectivity index (χ1v) is 12.9. The molecule has 9 heteroatoms. The van der Waals surface area contributed by atoms with Gasteiger partial charge in [-0.1, -0.05) is 64.4 Å². The van der Waals surface area contributed by atoms with Crippen LogP contribution < -0.4 is 10.6 Å². The van der Waals surface area contributed by atoms with E-state index in [-0.39, 0.29) is 11.8 Å². The number of carbonyl (C=O) groups excluding carboxylic acids is 3. The molecule has 0 saturated carbocycles. The molecule has 192 valence electrons. The Balaban J connectivity index is 2.22. The molecule has 1 aromatic carbocycles. The molecular weight excluding hydrogens is 464 g/mol. The lowest BCUT2D eigenvalue weighted by molar-refractivity contribution is -0.169. The SMILES string of the molecule is CCC[C@@H]([C@@H](CCCc1ccccc1)C(=O)N[C@H](C(=O)Nc1ncc(C)s1)C(C)(C)C)N(O)C=O. The maximum atomic E-state index is 13.6. The second-order valence-corrected chi connectivity index (χ2v) is 11.1. The lowest BCUT2D eigenvalue weighted by atomic mass is 9.84. The molecule has 2 rings (SSSR count). The maximum Gasteiger partial charge on any atom is 0.249 e. The van der Waals surface area contributed by atoms with Crippen LogP contribution in [0.2, 0.25) is 0 Å². The van der Waals surface area contributed by atoms with Crippen LogP contribution in [0, 0.1) is 18.3 Å². The third-order valence-electron chi connectivity index (χ3n) is 5.92. The lowest BCUT2D eigenvalue weighted by Gasteiger charge is -2.34. The predicted octanol–water partition coefficient (Wildman–Crippen LogP) is 4.58. The number of nitrogens with one attached hydrogen (secondary N) is 2. The second kappa shape index (κ2) is 13.3. The summed E-state index contributed by atoms with van der Waals surface area (Å²) in [6.07, 6.45) is 5.09. The Labute approximate surface area is 212 Å². The molecule has 8 nitrogen and oxygen atoms in total. The number of hydrogen-bond donors (Lipinski definition) is 3. The summed E-state index contributed by atoms with van der Waals surface area (Å²) >= 11 is 1.36. The summed E-state index contributed by atoms with van der Waals surface area (Å²) in [6, 6.07) is 8.44. The molecule has 3 N–H and O–H groups in total.